The highest BCUT2D eigenvalue weighted by Crippen LogP contribution is 2.33. The fraction of sp³-hybridized carbons (Fsp3) is 0.588. The molecule has 0 saturated heterocycles. The monoisotopic (exact) mass is 278 g/mol. The maximum Gasteiger partial charge on any atom is 0.312 e. The van der Waals surface area contributed by atoms with E-state index in [1.165, 1.54) is 0 Å². The summed E-state index contributed by atoms with van der Waals surface area (Å²) in [4.78, 5) is 12.1. The molecule has 1 aromatic carbocycles. The van der Waals surface area contributed by atoms with Crippen molar-refractivity contribution in [3.8, 4) is 0 Å². The predicted octanol–water partition coefficient (Wildman–Crippen LogP) is 3.48. The molecule has 20 heavy (non-hydrogen) atoms. The van der Waals surface area contributed by atoms with Crippen LogP contribution in [-0.4, -0.2) is 17.7 Å². The zero-order valence-corrected chi connectivity index (χ0v) is 13.4. The van der Waals surface area contributed by atoms with Gasteiger partial charge in [0.1, 0.15) is 0 Å². The van der Waals surface area contributed by atoms with Crippen molar-refractivity contribution < 1.29 is 14.6 Å². The smallest absolute Gasteiger partial charge is 0.312 e. The van der Waals surface area contributed by atoms with Gasteiger partial charge in [-0.05, 0) is 50.3 Å². The van der Waals surface area contributed by atoms with Crippen LogP contribution in [0.4, 0.5) is 0 Å². The molecule has 0 radical (unpaired) electrons. The number of aliphatic hydroxyl groups excluding tert-OH is 1. The Labute approximate surface area is 122 Å². The molecular weight excluding hydrogens is 252 g/mol. The summed E-state index contributed by atoms with van der Waals surface area (Å²) < 4.78 is 5.11. The Balaban J connectivity index is 3.19. The Morgan fingerprint density at radius 1 is 1.20 bits per heavy atom. The first-order valence-electron chi connectivity index (χ1n) is 7.22. The third kappa shape index (κ3) is 3.60. The fourth-order valence-electron chi connectivity index (χ4n) is 2.84. The number of aryl methyl sites for hydroxylation is 3. The van der Waals surface area contributed by atoms with Crippen LogP contribution in [0.2, 0.25) is 0 Å². The van der Waals surface area contributed by atoms with Crippen molar-refractivity contribution >= 4 is 5.97 Å². The summed E-state index contributed by atoms with van der Waals surface area (Å²) in [6.45, 7) is 12.0. The Kier molecular flexibility index (Phi) is 5.75. The summed E-state index contributed by atoms with van der Waals surface area (Å²) >= 11 is 0. The van der Waals surface area contributed by atoms with Gasteiger partial charge in [-0.15, -0.1) is 0 Å². The first-order valence-corrected chi connectivity index (χ1v) is 7.22. The van der Waals surface area contributed by atoms with Crippen LogP contribution in [0.1, 0.15) is 49.1 Å². The van der Waals surface area contributed by atoms with Gasteiger partial charge in [0, 0.05) is 0 Å². The number of esters is 1. The molecule has 2 unspecified atom stereocenters. The Bertz CT molecular complexity index is 454. The molecule has 0 bridgehead atoms. The quantitative estimate of drug-likeness (QED) is 0.839. The second-order valence-corrected chi connectivity index (χ2v) is 5.78. The number of benzene rings is 1. The van der Waals surface area contributed by atoms with Gasteiger partial charge in [-0.2, -0.15) is 0 Å². The van der Waals surface area contributed by atoms with Gasteiger partial charge in [0.2, 0.25) is 0 Å². The zero-order chi connectivity index (χ0) is 15.4. The summed E-state index contributed by atoms with van der Waals surface area (Å²) in [6, 6.07) is 4.07. The van der Waals surface area contributed by atoms with Crippen molar-refractivity contribution in [2.45, 2.75) is 47.6 Å². The molecule has 3 nitrogen and oxygen atoms in total. The molecule has 0 aromatic heterocycles. The highest BCUT2D eigenvalue weighted by atomic mass is 16.5. The van der Waals surface area contributed by atoms with Crippen LogP contribution in [0, 0.1) is 32.6 Å². The molecule has 1 aromatic rings. The lowest BCUT2D eigenvalue weighted by Crippen LogP contribution is -2.30. The van der Waals surface area contributed by atoms with Crippen LogP contribution in [0.15, 0.2) is 12.1 Å². The number of rotatable bonds is 5. The van der Waals surface area contributed by atoms with E-state index in [2.05, 4.69) is 0 Å². The minimum atomic E-state index is -0.824. The van der Waals surface area contributed by atoms with E-state index in [0.717, 1.165) is 22.3 Å². The third-order valence-electron chi connectivity index (χ3n) is 3.65. The predicted molar refractivity (Wildman–Crippen MR) is 80.6 cm³/mol. The van der Waals surface area contributed by atoms with Gasteiger partial charge in [0.05, 0.1) is 18.6 Å². The van der Waals surface area contributed by atoms with Gasteiger partial charge < -0.3 is 9.84 Å². The van der Waals surface area contributed by atoms with Gasteiger partial charge >= 0.3 is 5.97 Å². The van der Waals surface area contributed by atoms with E-state index in [9.17, 15) is 9.90 Å². The van der Waals surface area contributed by atoms with Gasteiger partial charge in [-0.25, -0.2) is 0 Å². The average Bonchev–Trinajstić information content (AvgIpc) is 2.26. The number of hydrogen-bond acceptors (Lipinski definition) is 3. The molecule has 0 fully saturated rings. The summed E-state index contributed by atoms with van der Waals surface area (Å²) in [5, 5.41) is 10.7. The highest BCUT2D eigenvalue weighted by molar-refractivity contribution is 5.74. The molecule has 0 aliphatic carbocycles. The zero-order valence-electron chi connectivity index (χ0n) is 13.4. The van der Waals surface area contributed by atoms with E-state index in [1.807, 2.05) is 46.8 Å². The first kappa shape index (κ1) is 16.7. The lowest BCUT2D eigenvalue weighted by Gasteiger charge is -2.27. The number of aliphatic hydroxyl groups is 1. The van der Waals surface area contributed by atoms with Crippen molar-refractivity contribution in [2.24, 2.45) is 11.8 Å². The largest absolute Gasteiger partial charge is 0.466 e. The Hall–Kier alpha value is -1.35. The topological polar surface area (TPSA) is 46.5 Å². The third-order valence-corrected chi connectivity index (χ3v) is 3.65. The van der Waals surface area contributed by atoms with Crippen LogP contribution in [0.5, 0.6) is 0 Å². The highest BCUT2D eigenvalue weighted by Gasteiger charge is 2.33. The number of hydrogen-bond donors (Lipinski definition) is 1. The standard InChI is InChI=1S/C17H26O3/c1-7-20-17(19)14(10(2)3)16(18)15-12(5)8-11(4)9-13(15)6/h8-10,14,16,18H,7H2,1-6H3. The van der Waals surface area contributed by atoms with Gasteiger partial charge in [-0.1, -0.05) is 31.5 Å². The molecule has 2 atom stereocenters. The summed E-state index contributed by atoms with van der Waals surface area (Å²) in [7, 11) is 0. The van der Waals surface area contributed by atoms with Crippen molar-refractivity contribution in [3.63, 3.8) is 0 Å². The maximum atomic E-state index is 12.1. The number of carbonyl (C=O) groups is 1. The lowest BCUT2D eigenvalue weighted by molar-refractivity contribution is -0.154. The van der Waals surface area contributed by atoms with Crippen molar-refractivity contribution in [1.82, 2.24) is 0 Å². The van der Waals surface area contributed by atoms with Crippen LogP contribution >= 0.6 is 0 Å². The minimum Gasteiger partial charge on any atom is -0.466 e. The van der Waals surface area contributed by atoms with Gasteiger partial charge in [0.15, 0.2) is 0 Å². The molecule has 0 spiro atoms. The molecule has 112 valence electrons. The van der Waals surface area contributed by atoms with E-state index < -0.39 is 12.0 Å². The number of ether oxygens (including phenoxy) is 1. The molecule has 0 aliphatic heterocycles. The van der Waals surface area contributed by atoms with E-state index in [1.54, 1.807) is 6.92 Å². The average molecular weight is 278 g/mol. The van der Waals surface area contributed by atoms with Crippen molar-refractivity contribution in [2.75, 3.05) is 6.61 Å². The SMILES string of the molecule is CCOC(=O)C(C(C)C)C(O)c1c(C)cc(C)cc1C. The van der Waals surface area contributed by atoms with Crippen molar-refractivity contribution in [1.29, 1.82) is 0 Å². The molecule has 0 heterocycles. The van der Waals surface area contributed by atoms with Gasteiger partial charge in [-0.3, -0.25) is 4.79 Å². The van der Waals surface area contributed by atoms with Crippen molar-refractivity contribution in [3.05, 3.63) is 34.4 Å². The molecule has 0 saturated carbocycles. The fourth-order valence-corrected chi connectivity index (χ4v) is 2.84. The van der Waals surface area contributed by atoms with Crippen LogP contribution in [0.3, 0.4) is 0 Å². The van der Waals surface area contributed by atoms with E-state index >= 15 is 0 Å². The van der Waals surface area contributed by atoms with Crippen LogP contribution in [0.25, 0.3) is 0 Å². The second-order valence-electron chi connectivity index (χ2n) is 5.78. The normalized spacial score (nSPS) is 14.2. The number of carbonyl (C=O) groups excluding carboxylic acids is 1. The van der Waals surface area contributed by atoms with E-state index in [0.29, 0.717) is 6.61 Å². The molecular formula is C17H26O3. The molecule has 0 amide bonds. The van der Waals surface area contributed by atoms with Crippen LogP contribution < -0.4 is 0 Å². The molecule has 1 rings (SSSR count). The first-order chi connectivity index (χ1) is 9.29. The Morgan fingerprint density at radius 2 is 1.70 bits per heavy atom. The van der Waals surface area contributed by atoms with Gasteiger partial charge in [0.25, 0.3) is 0 Å². The lowest BCUT2D eigenvalue weighted by atomic mass is 9.83. The van der Waals surface area contributed by atoms with E-state index in [-0.39, 0.29) is 11.9 Å². The molecule has 1 N–H and O–H groups in total. The van der Waals surface area contributed by atoms with E-state index in [4.69, 9.17) is 4.74 Å². The minimum absolute atomic E-state index is 0.0177. The van der Waals surface area contributed by atoms with Crippen LogP contribution in [-0.2, 0) is 9.53 Å². The summed E-state index contributed by atoms with van der Waals surface area (Å²) in [5.74, 6) is -0.839. The molecule has 3 heteroatoms. The second kappa shape index (κ2) is 6.89. The molecule has 0 aliphatic rings. The summed E-state index contributed by atoms with van der Waals surface area (Å²) in [6.07, 6.45) is -0.824. The Morgan fingerprint density at radius 3 is 2.10 bits per heavy atom. The maximum absolute atomic E-state index is 12.1. The summed E-state index contributed by atoms with van der Waals surface area (Å²) in [5.41, 5.74) is 4.05.